The van der Waals surface area contributed by atoms with Crippen LogP contribution < -0.4 is 5.32 Å². The number of fused-ring (bicyclic) bond motifs is 2. The minimum atomic E-state index is -0.408. The third-order valence-electron chi connectivity index (χ3n) is 7.78. The highest BCUT2D eigenvalue weighted by atomic mass is 16.2. The fourth-order valence-electron chi connectivity index (χ4n) is 5.84. The SMILES string of the molecule is CC(C)(C)NC(=O)[C@@H]1[C@@H]2CN2C(=O)[C@H](Cc2ccc3ccccc3c2)N1Cc1ccc(-c2ccccc2)cc1. The molecule has 0 unspecified atom stereocenters. The second-order valence-electron chi connectivity index (χ2n) is 11.9. The van der Waals surface area contributed by atoms with Crippen molar-refractivity contribution in [3.8, 4) is 11.1 Å². The zero-order valence-electron chi connectivity index (χ0n) is 22.8. The van der Waals surface area contributed by atoms with Gasteiger partial charge in [-0.1, -0.05) is 97.1 Å². The Kier molecular flexibility index (Phi) is 6.48. The van der Waals surface area contributed by atoms with E-state index in [1.54, 1.807) is 0 Å². The average molecular weight is 518 g/mol. The summed E-state index contributed by atoms with van der Waals surface area (Å²) >= 11 is 0. The van der Waals surface area contributed by atoms with Crippen LogP contribution in [0.2, 0.25) is 0 Å². The van der Waals surface area contributed by atoms with E-state index in [1.807, 2.05) is 56.0 Å². The molecule has 0 aromatic heterocycles. The Hall–Kier alpha value is -3.96. The summed E-state index contributed by atoms with van der Waals surface area (Å²) in [5.41, 5.74) is 4.16. The number of nitrogens with zero attached hydrogens (tertiary/aromatic N) is 2. The highest BCUT2D eigenvalue weighted by molar-refractivity contribution is 5.92. The molecule has 2 heterocycles. The molecule has 2 aliphatic rings. The van der Waals surface area contributed by atoms with Gasteiger partial charge in [0, 0.05) is 18.6 Å². The largest absolute Gasteiger partial charge is 0.350 e. The Balaban J connectivity index is 1.33. The summed E-state index contributed by atoms with van der Waals surface area (Å²) in [6.45, 7) is 7.18. The third kappa shape index (κ3) is 5.32. The Morgan fingerprint density at radius 1 is 0.821 bits per heavy atom. The normalized spacial score (nSPS) is 21.1. The van der Waals surface area contributed by atoms with E-state index in [0.717, 1.165) is 22.1 Å². The molecule has 0 saturated carbocycles. The highest BCUT2D eigenvalue weighted by Gasteiger charge is 2.58. The lowest BCUT2D eigenvalue weighted by atomic mass is 9.95. The van der Waals surface area contributed by atoms with Gasteiger partial charge in [-0.25, -0.2) is 0 Å². The number of carbonyl (C=O) groups excluding carboxylic acids is 2. The van der Waals surface area contributed by atoms with E-state index in [1.165, 1.54) is 10.9 Å². The summed E-state index contributed by atoms with van der Waals surface area (Å²) in [5, 5.41) is 5.54. The predicted octanol–water partition coefficient (Wildman–Crippen LogP) is 5.43. The van der Waals surface area contributed by atoms with E-state index in [4.69, 9.17) is 0 Å². The molecule has 0 bridgehead atoms. The summed E-state index contributed by atoms with van der Waals surface area (Å²) in [4.78, 5) is 31.4. The Morgan fingerprint density at radius 2 is 1.46 bits per heavy atom. The number of benzene rings is 4. The lowest BCUT2D eigenvalue weighted by Gasteiger charge is -2.41. The van der Waals surface area contributed by atoms with Gasteiger partial charge in [0.15, 0.2) is 0 Å². The van der Waals surface area contributed by atoms with Gasteiger partial charge >= 0.3 is 0 Å². The first kappa shape index (κ1) is 25.3. The summed E-state index contributed by atoms with van der Waals surface area (Å²) in [5.74, 6) is 0.112. The molecule has 0 spiro atoms. The lowest BCUT2D eigenvalue weighted by Crippen LogP contribution is -2.63. The molecule has 4 aromatic carbocycles. The van der Waals surface area contributed by atoms with E-state index in [9.17, 15) is 9.59 Å². The molecule has 2 fully saturated rings. The van der Waals surface area contributed by atoms with Crippen molar-refractivity contribution in [2.24, 2.45) is 0 Å². The first-order chi connectivity index (χ1) is 18.8. The van der Waals surface area contributed by atoms with Gasteiger partial charge in [-0.3, -0.25) is 14.5 Å². The van der Waals surface area contributed by atoms with Gasteiger partial charge in [-0.15, -0.1) is 0 Å². The number of hydrogen-bond acceptors (Lipinski definition) is 3. The van der Waals surface area contributed by atoms with Crippen LogP contribution in [-0.4, -0.2) is 51.8 Å². The monoisotopic (exact) mass is 517 g/mol. The molecule has 2 amide bonds. The van der Waals surface area contributed by atoms with Gasteiger partial charge in [0.1, 0.15) is 6.04 Å². The Labute approximate surface area is 230 Å². The third-order valence-corrected chi connectivity index (χ3v) is 7.78. The van der Waals surface area contributed by atoms with Crippen molar-refractivity contribution >= 4 is 22.6 Å². The van der Waals surface area contributed by atoms with Crippen LogP contribution in [0.4, 0.5) is 0 Å². The molecule has 4 aromatic rings. The van der Waals surface area contributed by atoms with Crippen molar-refractivity contribution in [3.63, 3.8) is 0 Å². The summed E-state index contributed by atoms with van der Waals surface area (Å²) in [7, 11) is 0. The molecule has 6 rings (SSSR count). The maximum absolute atomic E-state index is 13.7. The maximum Gasteiger partial charge on any atom is 0.240 e. The van der Waals surface area contributed by atoms with Crippen LogP contribution in [0, 0.1) is 0 Å². The van der Waals surface area contributed by atoms with E-state index >= 15 is 0 Å². The molecule has 0 aliphatic carbocycles. The fraction of sp³-hybridized carbons (Fsp3) is 0.294. The zero-order valence-corrected chi connectivity index (χ0v) is 22.8. The first-order valence-corrected chi connectivity index (χ1v) is 13.8. The van der Waals surface area contributed by atoms with E-state index in [-0.39, 0.29) is 29.4 Å². The lowest BCUT2D eigenvalue weighted by molar-refractivity contribution is -0.143. The van der Waals surface area contributed by atoms with E-state index in [2.05, 4.69) is 76.9 Å². The Bertz CT molecular complexity index is 1510. The van der Waals surface area contributed by atoms with Crippen LogP contribution in [0.5, 0.6) is 0 Å². The van der Waals surface area contributed by atoms with Gasteiger partial charge in [-0.05, 0) is 60.2 Å². The van der Waals surface area contributed by atoms with Gasteiger partial charge in [0.05, 0.1) is 12.1 Å². The molecule has 2 aliphatic heterocycles. The molecule has 198 valence electrons. The molecular formula is C34H35N3O2. The predicted molar refractivity (Wildman–Crippen MR) is 156 cm³/mol. The minimum Gasteiger partial charge on any atom is -0.350 e. The van der Waals surface area contributed by atoms with E-state index in [0.29, 0.717) is 19.5 Å². The van der Waals surface area contributed by atoms with Crippen molar-refractivity contribution < 1.29 is 9.59 Å². The quantitative estimate of drug-likeness (QED) is 0.347. The van der Waals surface area contributed by atoms with Crippen molar-refractivity contribution in [2.45, 2.75) is 57.4 Å². The molecule has 5 nitrogen and oxygen atoms in total. The van der Waals surface area contributed by atoms with Crippen molar-refractivity contribution in [1.29, 1.82) is 0 Å². The van der Waals surface area contributed by atoms with Gasteiger partial charge in [-0.2, -0.15) is 0 Å². The summed E-state index contributed by atoms with van der Waals surface area (Å²) in [6.07, 6.45) is 0.564. The first-order valence-electron chi connectivity index (χ1n) is 13.8. The molecule has 2 saturated heterocycles. The summed E-state index contributed by atoms with van der Waals surface area (Å²) < 4.78 is 0. The van der Waals surface area contributed by atoms with Gasteiger partial charge in [0.2, 0.25) is 11.8 Å². The molecule has 3 atom stereocenters. The number of nitrogens with one attached hydrogen (secondary N) is 1. The minimum absolute atomic E-state index is 0.00748. The van der Waals surface area contributed by atoms with Crippen LogP contribution in [0.25, 0.3) is 21.9 Å². The fourth-order valence-corrected chi connectivity index (χ4v) is 5.84. The molecule has 0 radical (unpaired) electrons. The topological polar surface area (TPSA) is 52.4 Å². The smallest absolute Gasteiger partial charge is 0.240 e. The number of piperazine rings is 1. The van der Waals surface area contributed by atoms with Crippen molar-refractivity contribution in [3.05, 3.63) is 108 Å². The summed E-state index contributed by atoms with van der Waals surface area (Å²) in [6, 6.07) is 32.6. The van der Waals surface area contributed by atoms with Crippen LogP contribution in [-0.2, 0) is 22.6 Å². The zero-order chi connectivity index (χ0) is 27.1. The second kappa shape index (κ2) is 9.97. The number of rotatable bonds is 6. The van der Waals surface area contributed by atoms with Gasteiger partial charge in [0.25, 0.3) is 0 Å². The van der Waals surface area contributed by atoms with Crippen LogP contribution in [0.1, 0.15) is 31.9 Å². The average Bonchev–Trinajstić information content (AvgIpc) is 3.72. The molecule has 1 N–H and O–H groups in total. The maximum atomic E-state index is 13.7. The van der Waals surface area contributed by atoms with Crippen LogP contribution in [0.3, 0.4) is 0 Å². The van der Waals surface area contributed by atoms with E-state index < -0.39 is 6.04 Å². The van der Waals surface area contributed by atoms with Crippen molar-refractivity contribution in [2.75, 3.05) is 6.54 Å². The van der Waals surface area contributed by atoms with Crippen molar-refractivity contribution in [1.82, 2.24) is 15.1 Å². The number of carbonyl (C=O) groups is 2. The molecular weight excluding hydrogens is 482 g/mol. The van der Waals surface area contributed by atoms with Crippen LogP contribution >= 0.6 is 0 Å². The van der Waals surface area contributed by atoms with Gasteiger partial charge < -0.3 is 10.2 Å². The van der Waals surface area contributed by atoms with Crippen LogP contribution in [0.15, 0.2) is 97.1 Å². The second-order valence-corrected chi connectivity index (χ2v) is 11.9. The highest BCUT2D eigenvalue weighted by Crippen LogP contribution is 2.36. The number of amides is 2. The molecule has 39 heavy (non-hydrogen) atoms. The standard InChI is InChI=1S/C34H35N3O2/c1-34(2,3)35-32(38)31-30-22-37(30)33(39)29(20-24-15-18-26-11-7-8-12-28(26)19-24)36(31)21-23-13-16-27(17-14-23)25-9-5-4-6-10-25/h4-19,29-31H,20-22H2,1-3H3,(H,35,38)/t29-,30-,31-,37?/m0/s1. The molecule has 5 heteroatoms. The Morgan fingerprint density at radius 3 is 2.18 bits per heavy atom. The number of hydrogen-bond donors (Lipinski definition) is 1.